The first-order chi connectivity index (χ1) is 13.9. The minimum absolute atomic E-state index is 0.000602. The lowest BCUT2D eigenvalue weighted by Gasteiger charge is -2.14. The van der Waals surface area contributed by atoms with E-state index in [4.69, 9.17) is 9.15 Å². The van der Waals surface area contributed by atoms with E-state index in [0.717, 1.165) is 21.7 Å². The summed E-state index contributed by atoms with van der Waals surface area (Å²) in [5, 5.41) is 0.840. The molecule has 2 heterocycles. The number of nitrogens with zero attached hydrogens (tertiary/aromatic N) is 1. The van der Waals surface area contributed by atoms with Crippen molar-refractivity contribution >= 4 is 32.9 Å². The van der Waals surface area contributed by atoms with Crippen LogP contribution < -0.4 is 0 Å². The fourth-order valence-corrected chi connectivity index (χ4v) is 4.94. The summed E-state index contributed by atoms with van der Waals surface area (Å²) >= 11 is 0. The zero-order valence-electron chi connectivity index (χ0n) is 15.8. The van der Waals surface area contributed by atoms with Crippen LogP contribution in [0.25, 0.3) is 11.0 Å². The van der Waals surface area contributed by atoms with Gasteiger partial charge in [0.25, 0.3) is 15.9 Å². The molecular weight excluding hydrogens is 394 g/mol. The van der Waals surface area contributed by atoms with Crippen LogP contribution >= 0.6 is 0 Å². The van der Waals surface area contributed by atoms with Gasteiger partial charge < -0.3 is 9.15 Å². The highest BCUT2D eigenvalue weighted by Gasteiger charge is 2.40. The number of hydrogen-bond donors (Lipinski definition) is 0. The molecule has 0 saturated heterocycles. The van der Waals surface area contributed by atoms with Gasteiger partial charge in [0.15, 0.2) is 0 Å². The molecule has 3 aromatic rings. The van der Waals surface area contributed by atoms with Crippen LogP contribution in [-0.4, -0.2) is 37.8 Å². The predicted molar refractivity (Wildman–Crippen MR) is 105 cm³/mol. The van der Waals surface area contributed by atoms with E-state index in [-0.39, 0.29) is 30.0 Å². The highest BCUT2D eigenvalue weighted by molar-refractivity contribution is 7.90. The van der Waals surface area contributed by atoms with Gasteiger partial charge in [0.1, 0.15) is 17.1 Å². The zero-order valence-corrected chi connectivity index (χ0v) is 16.6. The van der Waals surface area contributed by atoms with Crippen molar-refractivity contribution in [2.75, 3.05) is 13.2 Å². The maximum absolute atomic E-state index is 12.5. The van der Waals surface area contributed by atoms with E-state index in [1.807, 2.05) is 25.1 Å². The molecule has 0 atom stereocenters. The summed E-state index contributed by atoms with van der Waals surface area (Å²) < 4.78 is 36.4. The van der Waals surface area contributed by atoms with Crippen molar-refractivity contribution in [2.24, 2.45) is 0 Å². The van der Waals surface area contributed by atoms with Crippen LogP contribution in [0.2, 0.25) is 0 Å². The Balaban J connectivity index is 1.38. The predicted octanol–water partition coefficient (Wildman–Crippen LogP) is 2.93. The summed E-state index contributed by atoms with van der Waals surface area (Å²) in [6, 6.07) is 11.9. The number of furan rings is 1. The topological polar surface area (TPSA) is 93.9 Å². The lowest BCUT2D eigenvalue weighted by molar-refractivity contribution is -0.142. The number of ether oxygens (including phenoxy) is 1. The van der Waals surface area contributed by atoms with Gasteiger partial charge in [0.2, 0.25) is 0 Å². The molecule has 0 aliphatic carbocycles. The first-order valence-corrected chi connectivity index (χ1v) is 10.7. The van der Waals surface area contributed by atoms with Gasteiger partial charge >= 0.3 is 5.97 Å². The molecule has 4 rings (SSSR count). The van der Waals surface area contributed by atoms with Gasteiger partial charge in [-0.15, -0.1) is 0 Å². The number of benzene rings is 2. The maximum Gasteiger partial charge on any atom is 0.310 e. The third-order valence-corrected chi connectivity index (χ3v) is 6.77. The molecule has 7 nitrogen and oxygen atoms in total. The average Bonchev–Trinajstić information content (AvgIpc) is 3.19. The highest BCUT2D eigenvalue weighted by Crippen LogP contribution is 2.29. The lowest BCUT2D eigenvalue weighted by Crippen LogP contribution is -2.33. The number of amides is 1. The number of carbonyl (C=O) groups excluding carboxylic acids is 2. The molecule has 0 fully saturated rings. The van der Waals surface area contributed by atoms with Gasteiger partial charge in [0, 0.05) is 10.9 Å². The Labute approximate surface area is 167 Å². The van der Waals surface area contributed by atoms with E-state index in [1.165, 1.54) is 18.4 Å². The van der Waals surface area contributed by atoms with Crippen molar-refractivity contribution in [1.29, 1.82) is 0 Å². The second kappa shape index (κ2) is 7.36. The number of rotatable bonds is 6. The SMILES string of the molecule is CCc1ccc2c(CC(=O)OCCN3C(=O)c4ccccc4S3(=O)=O)coc2c1. The smallest absolute Gasteiger partial charge is 0.310 e. The second-order valence-corrected chi connectivity index (χ2v) is 8.55. The molecule has 0 spiro atoms. The normalized spacial score (nSPS) is 14.9. The Kier molecular flexibility index (Phi) is 4.87. The summed E-state index contributed by atoms with van der Waals surface area (Å²) in [5.74, 6) is -1.13. The molecule has 150 valence electrons. The Morgan fingerprint density at radius 2 is 1.97 bits per heavy atom. The van der Waals surface area contributed by atoms with Crippen LogP contribution in [0, 0.1) is 0 Å². The monoisotopic (exact) mass is 413 g/mol. The fourth-order valence-electron chi connectivity index (χ4n) is 3.39. The minimum atomic E-state index is -3.90. The van der Waals surface area contributed by atoms with Crippen molar-refractivity contribution in [3.05, 3.63) is 65.4 Å². The van der Waals surface area contributed by atoms with Crippen LogP contribution in [0.1, 0.15) is 28.4 Å². The molecule has 0 saturated carbocycles. The Morgan fingerprint density at radius 3 is 2.72 bits per heavy atom. The van der Waals surface area contributed by atoms with Crippen molar-refractivity contribution < 1.29 is 27.2 Å². The van der Waals surface area contributed by atoms with Crippen LogP contribution in [0.5, 0.6) is 0 Å². The second-order valence-electron chi connectivity index (χ2n) is 6.72. The van der Waals surface area contributed by atoms with Crippen LogP contribution in [0.4, 0.5) is 0 Å². The molecule has 1 aliphatic heterocycles. The Morgan fingerprint density at radius 1 is 1.17 bits per heavy atom. The Bertz CT molecular complexity index is 1210. The zero-order chi connectivity index (χ0) is 20.6. The number of esters is 1. The molecule has 0 bridgehead atoms. The van der Waals surface area contributed by atoms with Crippen molar-refractivity contribution in [2.45, 2.75) is 24.7 Å². The molecule has 8 heteroatoms. The Hall–Kier alpha value is -3.13. The number of hydrogen-bond acceptors (Lipinski definition) is 6. The summed E-state index contributed by atoms with van der Waals surface area (Å²) in [5.41, 5.74) is 2.68. The van der Waals surface area contributed by atoms with E-state index in [9.17, 15) is 18.0 Å². The quantitative estimate of drug-likeness (QED) is 0.577. The van der Waals surface area contributed by atoms with Gasteiger partial charge in [0.05, 0.1) is 24.8 Å². The maximum atomic E-state index is 12.5. The highest BCUT2D eigenvalue weighted by atomic mass is 32.2. The molecule has 0 N–H and O–H groups in total. The largest absolute Gasteiger partial charge is 0.464 e. The molecule has 1 aromatic heterocycles. The number of aryl methyl sites for hydroxylation is 1. The van der Waals surface area contributed by atoms with E-state index in [1.54, 1.807) is 12.1 Å². The minimum Gasteiger partial charge on any atom is -0.464 e. The number of fused-ring (bicyclic) bond motifs is 2. The van der Waals surface area contributed by atoms with Gasteiger partial charge in [-0.25, -0.2) is 12.7 Å². The van der Waals surface area contributed by atoms with Crippen molar-refractivity contribution in [1.82, 2.24) is 4.31 Å². The van der Waals surface area contributed by atoms with E-state index in [2.05, 4.69) is 0 Å². The summed E-state index contributed by atoms with van der Waals surface area (Å²) in [7, 11) is -3.90. The first-order valence-electron chi connectivity index (χ1n) is 9.22. The third-order valence-electron chi connectivity index (χ3n) is 4.93. The van der Waals surface area contributed by atoms with E-state index < -0.39 is 21.9 Å². The van der Waals surface area contributed by atoms with Gasteiger partial charge in [-0.3, -0.25) is 9.59 Å². The molecule has 2 aromatic carbocycles. The third kappa shape index (κ3) is 3.40. The average molecular weight is 413 g/mol. The van der Waals surface area contributed by atoms with E-state index >= 15 is 0 Å². The molecule has 29 heavy (non-hydrogen) atoms. The summed E-state index contributed by atoms with van der Waals surface area (Å²) in [4.78, 5) is 24.5. The first kappa shape index (κ1) is 19.2. The fraction of sp³-hybridized carbons (Fsp3) is 0.238. The van der Waals surface area contributed by atoms with Crippen LogP contribution in [-0.2, 0) is 32.4 Å². The molecule has 0 unspecified atom stereocenters. The molecule has 0 radical (unpaired) electrons. The number of sulfonamides is 1. The summed E-state index contributed by atoms with van der Waals surface area (Å²) in [6.07, 6.45) is 2.41. The van der Waals surface area contributed by atoms with E-state index in [0.29, 0.717) is 11.1 Å². The standard InChI is InChI=1S/C21H19NO6S/c1-2-14-7-8-16-15(13-28-18(16)11-14)12-20(23)27-10-9-22-21(24)17-5-3-4-6-19(17)29(22,25)26/h3-8,11,13H,2,9-10,12H2,1H3. The van der Waals surface area contributed by atoms with Crippen molar-refractivity contribution in [3.8, 4) is 0 Å². The summed E-state index contributed by atoms with van der Waals surface area (Å²) in [6.45, 7) is 1.60. The molecule has 1 amide bonds. The molecular formula is C21H19NO6S. The van der Waals surface area contributed by atoms with Gasteiger partial charge in [-0.1, -0.05) is 31.2 Å². The van der Waals surface area contributed by atoms with Gasteiger partial charge in [-0.2, -0.15) is 0 Å². The van der Waals surface area contributed by atoms with Crippen LogP contribution in [0.15, 0.2) is 58.0 Å². The number of carbonyl (C=O) groups is 2. The van der Waals surface area contributed by atoms with Gasteiger partial charge in [-0.05, 0) is 30.2 Å². The van der Waals surface area contributed by atoms with Crippen LogP contribution in [0.3, 0.4) is 0 Å². The van der Waals surface area contributed by atoms with Crippen molar-refractivity contribution in [3.63, 3.8) is 0 Å². The lowest BCUT2D eigenvalue weighted by atomic mass is 10.1. The molecule has 1 aliphatic rings.